The number of carbonyl (C=O) groups is 1. The molecule has 1 aliphatic heterocycles. The Morgan fingerprint density at radius 1 is 0.980 bits per heavy atom. The lowest BCUT2D eigenvalue weighted by molar-refractivity contribution is -0.221. The van der Waals surface area contributed by atoms with Crippen molar-refractivity contribution < 1.29 is 27.1 Å². The van der Waals surface area contributed by atoms with Crippen LogP contribution in [0.3, 0.4) is 0 Å². The lowest BCUT2D eigenvalue weighted by atomic mass is 9.33. The molecule has 0 bridgehead atoms. The molecular formula is C42H64F2N2O4S. The molecule has 0 aromatic heterocycles. The van der Waals surface area contributed by atoms with Crippen molar-refractivity contribution in [3.8, 4) is 0 Å². The summed E-state index contributed by atoms with van der Waals surface area (Å²) in [6.07, 6.45) is 15.0. The molecule has 7 aliphatic rings. The van der Waals surface area contributed by atoms with Crippen LogP contribution in [0.2, 0.25) is 0 Å². The molecule has 1 saturated heterocycles. The number of nitrogens with one attached hydrogen (secondary N) is 1. The average Bonchev–Trinajstić information content (AvgIpc) is 3.68. The molecule has 0 aromatic carbocycles. The van der Waals surface area contributed by atoms with Crippen LogP contribution in [-0.2, 0) is 14.6 Å². The third kappa shape index (κ3) is 5.69. The number of nitrogens with zero attached hydrogens (tertiary/aromatic N) is 1. The molecule has 0 spiro atoms. The van der Waals surface area contributed by atoms with Gasteiger partial charge in [-0.1, -0.05) is 58.9 Å². The average molecular weight is 731 g/mol. The van der Waals surface area contributed by atoms with Crippen LogP contribution < -0.4 is 5.32 Å². The Morgan fingerprint density at radius 3 is 2.35 bits per heavy atom. The van der Waals surface area contributed by atoms with Crippen LogP contribution in [0.15, 0.2) is 35.5 Å². The van der Waals surface area contributed by atoms with Crippen LogP contribution >= 0.6 is 0 Å². The van der Waals surface area contributed by atoms with E-state index in [-0.39, 0.29) is 51.5 Å². The quantitative estimate of drug-likeness (QED) is 0.245. The van der Waals surface area contributed by atoms with E-state index in [1.54, 1.807) is 0 Å². The van der Waals surface area contributed by atoms with E-state index in [1.165, 1.54) is 56.1 Å². The zero-order valence-corrected chi connectivity index (χ0v) is 32.9. The fourth-order valence-corrected chi connectivity index (χ4v) is 15.7. The fraction of sp³-hybridized carbons (Fsp3) is 0.833. The topological polar surface area (TPSA) is 86.7 Å². The molecule has 286 valence electrons. The van der Waals surface area contributed by atoms with Crippen LogP contribution in [0, 0.1) is 57.2 Å². The third-order valence-corrected chi connectivity index (χ3v) is 18.9. The van der Waals surface area contributed by atoms with Gasteiger partial charge in [-0.25, -0.2) is 13.2 Å². The predicted molar refractivity (Wildman–Crippen MR) is 199 cm³/mol. The number of halogens is 2. The van der Waals surface area contributed by atoms with Gasteiger partial charge < -0.3 is 15.3 Å². The minimum atomic E-state index is -3.71. The molecule has 5 fully saturated rings. The number of sulfone groups is 1. The largest absolute Gasteiger partial charge is 0.477 e. The summed E-state index contributed by atoms with van der Waals surface area (Å²) in [6, 6.07) is 0. The van der Waals surface area contributed by atoms with Gasteiger partial charge in [0.05, 0.1) is 11.5 Å². The van der Waals surface area contributed by atoms with Crippen LogP contribution in [-0.4, -0.2) is 73.5 Å². The standard InChI is InChI=1S/C42H64F2N2O4S/c1-27(2)30-12-17-41(45-20-21-46-22-24-51(49,50)25-23-46)19-18-39(6)32(35(30)41)10-11-34-38(5)15-13-31(37(3,4)33(38)14-16-40(34,39)7)28-8-9-29(26-28)42(43,44)36(47)48/h8,13,29-30,32-35,45H,1,9-12,14-26H2,2-7H3,(H,47,48). The van der Waals surface area contributed by atoms with Crippen LogP contribution in [0.25, 0.3) is 0 Å². The predicted octanol–water partition coefficient (Wildman–Crippen LogP) is 8.31. The molecule has 10 unspecified atom stereocenters. The summed E-state index contributed by atoms with van der Waals surface area (Å²) < 4.78 is 53.2. The zero-order chi connectivity index (χ0) is 37.0. The normalized spacial score (nSPS) is 44.7. The number of alkyl halides is 2. The first-order valence-electron chi connectivity index (χ1n) is 20.1. The second-order valence-corrected chi connectivity index (χ2v) is 21.9. The summed E-state index contributed by atoms with van der Waals surface area (Å²) in [4.78, 5) is 13.7. The van der Waals surface area contributed by atoms with E-state index >= 15 is 0 Å². The summed E-state index contributed by atoms with van der Waals surface area (Å²) in [6.45, 7) is 22.4. The Balaban J connectivity index is 1.12. The Bertz CT molecular complexity index is 1610. The minimum absolute atomic E-state index is 0.106. The van der Waals surface area contributed by atoms with Gasteiger partial charge in [-0.05, 0) is 140 Å². The highest BCUT2D eigenvalue weighted by Gasteiger charge is 2.70. The summed E-state index contributed by atoms with van der Waals surface area (Å²) in [5.41, 5.74) is 3.90. The van der Waals surface area contributed by atoms with E-state index in [1.807, 2.05) is 6.08 Å². The molecule has 2 N–H and O–H groups in total. The number of hydrogen-bond donors (Lipinski definition) is 2. The maximum atomic E-state index is 14.6. The Hall–Kier alpha value is -1.58. The number of carboxylic acids is 1. The van der Waals surface area contributed by atoms with E-state index in [4.69, 9.17) is 0 Å². The highest BCUT2D eigenvalue weighted by molar-refractivity contribution is 7.91. The number of rotatable bonds is 8. The lowest BCUT2D eigenvalue weighted by Crippen LogP contribution is -2.68. The molecule has 51 heavy (non-hydrogen) atoms. The highest BCUT2D eigenvalue weighted by atomic mass is 32.2. The van der Waals surface area contributed by atoms with Gasteiger partial charge in [-0.2, -0.15) is 8.78 Å². The fourth-order valence-electron chi connectivity index (χ4n) is 14.4. The molecule has 6 nitrogen and oxygen atoms in total. The maximum Gasteiger partial charge on any atom is 0.374 e. The number of aliphatic carboxylic acids is 1. The van der Waals surface area contributed by atoms with E-state index in [0.717, 1.165) is 31.5 Å². The highest BCUT2D eigenvalue weighted by Crippen LogP contribution is 2.76. The van der Waals surface area contributed by atoms with Gasteiger partial charge in [0.1, 0.15) is 0 Å². The summed E-state index contributed by atoms with van der Waals surface area (Å²) in [5.74, 6) is -3.64. The zero-order valence-electron chi connectivity index (χ0n) is 32.1. The van der Waals surface area contributed by atoms with Gasteiger partial charge in [0.15, 0.2) is 9.84 Å². The number of allylic oxidation sites excluding steroid dienone is 5. The minimum Gasteiger partial charge on any atom is -0.477 e. The maximum absolute atomic E-state index is 14.6. The Labute approximate surface area is 306 Å². The van der Waals surface area contributed by atoms with Crippen LogP contribution in [0.4, 0.5) is 8.78 Å². The van der Waals surface area contributed by atoms with Crippen molar-refractivity contribution in [2.75, 3.05) is 37.7 Å². The van der Waals surface area contributed by atoms with E-state index in [2.05, 4.69) is 64.4 Å². The van der Waals surface area contributed by atoms with Crippen molar-refractivity contribution in [2.24, 2.45) is 57.2 Å². The molecule has 9 heteroatoms. The second kappa shape index (κ2) is 12.5. The molecule has 0 amide bonds. The molecule has 1 heterocycles. The van der Waals surface area contributed by atoms with Gasteiger partial charge in [-0.3, -0.25) is 0 Å². The first-order chi connectivity index (χ1) is 23.7. The third-order valence-electron chi connectivity index (χ3n) is 17.2. The molecule has 7 rings (SSSR count). The summed E-state index contributed by atoms with van der Waals surface area (Å²) in [5, 5.41) is 13.4. The number of carboxylic acid groups (broad SMARTS) is 1. The first kappa shape index (κ1) is 37.7. The summed E-state index contributed by atoms with van der Waals surface area (Å²) >= 11 is 0. The van der Waals surface area contributed by atoms with Crippen LogP contribution in [0.5, 0.6) is 0 Å². The molecule has 6 aliphatic carbocycles. The SMILES string of the molecule is C=C(C)C1CCC2(NCCN3CCS(=O)(=O)CC3)CCC3(C)C(CCC4C5(C)CC=C(C6=CCC(C(F)(F)C(=O)O)C6)C(C)(C)C5CCC43C)C12. The van der Waals surface area contributed by atoms with Gasteiger partial charge in [0.2, 0.25) is 0 Å². The molecular weight excluding hydrogens is 667 g/mol. The van der Waals surface area contributed by atoms with Gasteiger partial charge in [-0.15, -0.1) is 0 Å². The van der Waals surface area contributed by atoms with Crippen molar-refractivity contribution in [1.29, 1.82) is 0 Å². The molecule has 4 saturated carbocycles. The second-order valence-electron chi connectivity index (χ2n) is 19.6. The van der Waals surface area contributed by atoms with E-state index in [0.29, 0.717) is 42.7 Å². The Morgan fingerprint density at radius 2 is 1.69 bits per heavy atom. The molecule has 0 aromatic rings. The van der Waals surface area contributed by atoms with E-state index in [9.17, 15) is 27.1 Å². The Kier molecular flexibility index (Phi) is 9.23. The number of fused-ring (bicyclic) bond motifs is 7. The van der Waals surface area contributed by atoms with Crippen molar-refractivity contribution in [3.05, 3.63) is 35.5 Å². The summed E-state index contributed by atoms with van der Waals surface area (Å²) in [7, 11) is -2.88. The van der Waals surface area contributed by atoms with Crippen molar-refractivity contribution in [2.45, 2.75) is 124 Å². The van der Waals surface area contributed by atoms with Crippen molar-refractivity contribution >= 4 is 15.8 Å². The monoisotopic (exact) mass is 730 g/mol. The molecule has 0 radical (unpaired) electrons. The smallest absolute Gasteiger partial charge is 0.374 e. The van der Waals surface area contributed by atoms with Gasteiger partial charge in [0.25, 0.3) is 0 Å². The van der Waals surface area contributed by atoms with Gasteiger partial charge in [0, 0.05) is 37.6 Å². The number of hydrogen-bond acceptors (Lipinski definition) is 5. The van der Waals surface area contributed by atoms with E-state index < -0.39 is 27.6 Å². The van der Waals surface area contributed by atoms with Gasteiger partial charge >= 0.3 is 11.9 Å². The van der Waals surface area contributed by atoms with Crippen molar-refractivity contribution in [3.63, 3.8) is 0 Å². The molecule has 10 atom stereocenters. The van der Waals surface area contributed by atoms with Crippen LogP contribution in [0.1, 0.15) is 112 Å². The first-order valence-corrected chi connectivity index (χ1v) is 21.9. The van der Waals surface area contributed by atoms with Crippen molar-refractivity contribution in [1.82, 2.24) is 10.2 Å². The lowest BCUT2D eigenvalue weighted by Gasteiger charge is -2.72.